The molecule has 0 N–H and O–H groups in total. The number of para-hydroxylation sites is 1. The quantitative estimate of drug-likeness (QED) is 0.138. The summed E-state index contributed by atoms with van der Waals surface area (Å²) in [6, 6.07) is 21.2. The summed E-state index contributed by atoms with van der Waals surface area (Å²) in [4.78, 5) is 0.456. The van der Waals surface area contributed by atoms with Gasteiger partial charge in [-0.2, -0.15) is 30.9 Å². The van der Waals surface area contributed by atoms with Crippen LogP contribution in [0.25, 0.3) is 10.9 Å². The van der Waals surface area contributed by atoms with E-state index >= 15 is 0 Å². The van der Waals surface area contributed by atoms with E-state index < -0.39 is 23.5 Å². The molecule has 0 radical (unpaired) electrons. The Hall–Kier alpha value is -3.00. The molecule has 1 nitrogen and oxygen atoms in total. The van der Waals surface area contributed by atoms with E-state index in [1.54, 1.807) is 12.3 Å². The second-order valence-electron chi connectivity index (χ2n) is 8.21. The van der Waals surface area contributed by atoms with Crippen molar-refractivity contribution in [3.05, 3.63) is 102 Å². The van der Waals surface area contributed by atoms with Crippen LogP contribution in [0.1, 0.15) is 29.5 Å². The Morgan fingerprint density at radius 3 is 1.94 bits per heavy atom. The summed E-state index contributed by atoms with van der Waals surface area (Å²) in [5.74, 6) is 0. The van der Waals surface area contributed by atoms with Crippen molar-refractivity contribution in [1.29, 1.82) is 0 Å². The molecule has 0 spiro atoms. The van der Waals surface area contributed by atoms with E-state index in [2.05, 4.69) is 12.1 Å². The maximum atomic E-state index is 13.3. The van der Waals surface area contributed by atoms with E-state index in [4.69, 9.17) is 0 Å². The molecule has 0 aliphatic rings. The van der Waals surface area contributed by atoms with Crippen LogP contribution in [0.5, 0.6) is 0 Å². The largest absolute Gasteiger partial charge is 0.416 e. The lowest BCUT2D eigenvalue weighted by molar-refractivity contribution is -0.673. The van der Waals surface area contributed by atoms with E-state index in [0.717, 1.165) is 54.1 Å². The normalized spacial score (nSPS) is 12.3. The Kier molecular flexibility index (Phi) is 7.40. The molecule has 0 bridgehead atoms. The molecular weight excluding hydrogens is 484 g/mol. The third-order valence-corrected chi connectivity index (χ3v) is 6.51. The minimum Gasteiger partial charge on any atom is -0.197 e. The van der Waals surface area contributed by atoms with Gasteiger partial charge in [-0.15, -0.1) is 0 Å². The lowest BCUT2D eigenvalue weighted by atomic mass is 10.1. The van der Waals surface area contributed by atoms with E-state index in [-0.39, 0.29) is 11.0 Å². The molecule has 4 rings (SSSR count). The molecule has 35 heavy (non-hydrogen) atoms. The minimum absolute atomic E-state index is 0.113. The fourth-order valence-electron chi connectivity index (χ4n) is 3.90. The van der Waals surface area contributed by atoms with Crippen molar-refractivity contribution in [2.24, 2.45) is 0 Å². The summed E-state index contributed by atoms with van der Waals surface area (Å²) in [5, 5.41) is 0.864. The Morgan fingerprint density at radius 2 is 1.29 bits per heavy atom. The molecule has 0 aliphatic carbocycles. The highest BCUT2D eigenvalue weighted by Gasteiger charge is 2.37. The van der Waals surface area contributed by atoms with Crippen LogP contribution in [0, 0.1) is 0 Å². The van der Waals surface area contributed by atoms with E-state index in [0.29, 0.717) is 11.4 Å². The van der Waals surface area contributed by atoms with Gasteiger partial charge in [-0.3, -0.25) is 0 Å². The van der Waals surface area contributed by atoms with Gasteiger partial charge in [-0.25, -0.2) is 0 Å². The highest BCUT2D eigenvalue weighted by Crippen LogP contribution is 2.40. The second kappa shape index (κ2) is 10.3. The Bertz CT molecular complexity index is 1270. The number of aryl methyl sites for hydroxylation is 2. The molecule has 0 aliphatic heterocycles. The van der Waals surface area contributed by atoms with Gasteiger partial charge in [-0.05, 0) is 48.7 Å². The fraction of sp³-hybridized carbons (Fsp3) is 0.222. The van der Waals surface area contributed by atoms with Gasteiger partial charge in [0, 0.05) is 22.8 Å². The van der Waals surface area contributed by atoms with Gasteiger partial charge in [0.2, 0.25) is 5.52 Å². The van der Waals surface area contributed by atoms with Crippen molar-refractivity contribution in [3.63, 3.8) is 0 Å². The summed E-state index contributed by atoms with van der Waals surface area (Å²) in [7, 11) is 0. The predicted molar refractivity (Wildman–Crippen MR) is 124 cm³/mol. The molecule has 8 heteroatoms. The number of nitrogens with zero attached hydrogens (tertiary/aromatic N) is 1. The summed E-state index contributed by atoms with van der Waals surface area (Å²) in [5.41, 5.74) is -0.429. The lowest BCUT2D eigenvalue weighted by Gasteiger charge is -2.14. The summed E-state index contributed by atoms with van der Waals surface area (Å²) < 4.78 is 81.6. The van der Waals surface area contributed by atoms with Crippen LogP contribution >= 0.6 is 11.8 Å². The zero-order valence-electron chi connectivity index (χ0n) is 18.5. The first-order chi connectivity index (χ1) is 16.6. The fourth-order valence-corrected chi connectivity index (χ4v) is 4.91. The second-order valence-corrected chi connectivity index (χ2v) is 9.36. The number of hydrogen-bond donors (Lipinski definition) is 0. The molecule has 0 fully saturated rings. The number of hydrogen-bond acceptors (Lipinski definition) is 1. The molecule has 182 valence electrons. The van der Waals surface area contributed by atoms with Crippen molar-refractivity contribution in [3.8, 4) is 0 Å². The monoisotopic (exact) mass is 506 g/mol. The molecule has 0 unspecified atom stereocenters. The number of fused-ring (bicyclic) bond motifs is 1. The van der Waals surface area contributed by atoms with Crippen LogP contribution in [-0.2, 0) is 25.3 Å². The number of unbranched alkanes of at least 4 members (excludes halogenated alkanes) is 1. The molecule has 1 heterocycles. The highest BCUT2D eigenvalue weighted by atomic mass is 32.2. The van der Waals surface area contributed by atoms with Crippen LogP contribution in [0.2, 0.25) is 0 Å². The van der Waals surface area contributed by atoms with Gasteiger partial charge in [0.1, 0.15) is 6.54 Å². The highest BCUT2D eigenvalue weighted by molar-refractivity contribution is 7.99. The van der Waals surface area contributed by atoms with Gasteiger partial charge in [0.25, 0.3) is 0 Å². The van der Waals surface area contributed by atoms with E-state index in [1.807, 2.05) is 47.0 Å². The standard InChI is InChI=1S/C27H22F6NS/c28-26(29,30)21-15-22(27(31,32)33)17-23(16-21)35-24-14-20-11-4-5-12-25(20)34(18-24)13-7-6-10-19-8-2-1-3-9-19/h1-5,8-9,11-12,14-18H,6-7,10,13H2/q+1. The predicted octanol–water partition coefficient (Wildman–Crippen LogP) is 8.34. The average Bonchev–Trinajstić information content (AvgIpc) is 2.81. The van der Waals surface area contributed by atoms with Crippen molar-refractivity contribution in [1.82, 2.24) is 0 Å². The van der Waals surface area contributed by atoms with Gasteiger partial charge in [-0.1, -0.05) is 54.2 Å². The van der Waals surface area contributed by atoms with Crippen LogP contribution in [0.3, 0.4) is 0 Å². The van der Waals surface area contributed by atoms with Crippen molar-refractivity contribution in [2.75, 3.05) is 0 Å². The van der Waals surface area contributed by atoms with Crippen LogP contribution in [0.4, 0.5) is 26.3 Å². The van der Waals surface area contributed by atoms with Crippen molar-refractivity contribution >= 4 is 22.7 Å². The number of aromatic nitrogens is 1. The first-order valence-electron chi connectivity index (χ1n) is 11.0. The van der Waals surface area contributed by atoms with E-state index in [9.17, 15) is 26.3 Å². The van der Waals surface area contributed by atoms with Gasteiger partial charge in [0.15, 0.2) is 6.20 Å². The lowest BCUT2D eigenvalue weighted by Crippen LogP contribution is -2.34. The summed E-state index contributed by atoms with van der Waals surface area (Å²) in [6.45, 7) is 0.679. The first kappa shape index (κ1) is 25.1. The molecule has 0 amide bonds. The summed E-state index contributed by atoms with van der Waals surface area (Å²) in [6.07, 6.45) is -5.21. The van der Waals surface area contributed by atoms with Crippen LogP contribution in [-0.4, -0.2) is 0 Å². The van der Waals surface area contributed by atoms with Gasteiger partial charge in [0.05, 0.1) is 16.0 Å². The molecular formula is C27H22F6NS+. The number of pyridine rings is 1. The number of benzene rings is 3. The number of halogens is 6. The average molecular weight is 507 g/mol. The topological polar surface area (TPSA) is 3.88 Å². The van der Waals surface area contributed by atoms with Crippen LogP contribution in [0.15, 0.2) is 94.9 Å². The molecule has 3 aromatic carbocycles. The number of alkyl halides is 6. The Labute approximate surface area is 203 Å². The molecule has 4 aromatic rings. The third-order valence-electron chi connectivity index (χ3n) is 5.58. The number of rotatable bonds is 7. The Balaban J connectivity index is 1.60. The van der Waals surface area contributed by atoms with Crippen molar-refractivity contribution in [2.45, 2.75) is 48.0 Å². The van der Waals surface area contributed by atoms with Crippen LogP contribution < -0.4 is 4.57 Å². The smallest absolute Gasteiger partial charge is 0.197 e. The maximum Gasteiger partial charge on any atom is 0.416 e. The maximum absolute atomic E-state index is 13.3. The van der Waals surface area contributed by atoms with Gasteiger partial charge >= 0.3 is 12.4 Å². The van der Waals surface area contributed by atoms with Gasteiger partial charge < -0.3 is 0 Å². The van der Waals surface area contributed by atoms with Crippen molar-refractivity contribution < 1.29 is 30.9 Å². The Morgan fingerprint density at radius 1 is 0.657 bits per heavy atom. The first-order valence-corrected chi connectivity index (χ1v) is 11.8. The third kappa shape index (κ3) is 6.57. The zero-order valence-corrected chi connectivity index (χ0v) is 19.4. The van der Waals surface area contributed by atoms with E-state index in [1.165, 1.54) is 5.56 Å². The minimum atomic E-state index is -4.88. The molecule has 0 saturated carbocycles. The zero-order chi connectivity index (χ0) is 25.1. The molecule has 1 aromatic heterocycles. The SMILES string of the molecule is FC(F)(F)c1cc(Sc2cc3ccccc3[n+](CCCCc3ccccc3)c2)cc(C(F)(F)F)c1. The molecule has 0 saturated heterocycles. The summed E-state index contributed by atoms with van der Waals surface area (Å²) >= 11 is 0.892. The molecule has 0 atom stereocenters.